The van der Waals surface area contributed by atoms with E-state index >= 15 is 0 Å². The van der Waals surface area contributed by atoms with Crippen LogP contribution in [0.15, 0.2) is 30.8 Å². The molecular weight excluding hydrogens is 195 g/mol. The maximum atomic E-state index is 12.7. The first-order valence-electron chi connectivity index (χ1n) is 2.81. The second-order valence-corrected chi connectivity index (χ2v) is 2.84. The summed E-state index contributed by atoms with van der Waals surface area (Å²) in [6.07, 6.45) is 0. The fourth-order valence-electron chi connectivity index (χ4n) is 0.681. The summed E-state index contributed by atoms with van der Waals surface area (Å²) >= 11 is 3.10. The molecule has 0 saturated heterocycles. The van der Waals surface area contributed by atoms with Crippen LogP contribution in [0.2, 0.25) is 0 Å². The molecule has 0 aromatic heterocycles. The van der Waals surface area contributed by atoms with Crippen LogP contribution < -0.4 is 0 Å². The van der Waals surface area contributed by atoms with E-state index in [1.165, 1.54) is 6.07 Å². The predicted molar refractivity (Wildman–Crippen MR) is 44.4 cm³/mol. The molecule has 1 aromatic rings. The average Bonchev–Trinajstić information content (AvgIpc) is 1.88. The number of hydrogen-bond acceptors (Lipinski definition) is 0. The van der Waals surface area contributed by atoms with Crippen LogP contribution in [0.1, 0.15) is 5.56 Å². The third kappa shape index (κ3) is 1.45. The zero-order valence-electron chi connectivity index (χ0n) is 5.27. The van der Waals surface area contributed by atoms with Crippen molar-refractivity contribution in [1.29, 1.82) is 0 Å². The molecule has 0 saturated carbocycles. The largest absolute Gasteiger partial charge is 0.206 e. The van der Waals surface area contributed by atoms with E-state index in [0.29, 0.717) is 10.0 Å². The molecule has 0 amide bonds. The van der Waals surface area contributed by atoms with Gasteiger partial charge in [-0.3, -0.25) is 0 Å². The van der Waals surface area contributed by atoms with Crippen LogP contribution in [0.3, 0.4) is 0 Å². The second-order valence-electron chi connectivity index (χ2n) is 1.88. The maximum absolute atomic E-state index is 12.7. The Morgan fingerprint density at radius 1 is 1.40 bits per heavy atom. The molecule has 0 aliphatic carbocycles. The summed E-state index contributed by atoms with van der Waals surface area (Å²) in [4.78, 5) is 0. The third-order valence-electron chi connectivity index (χ3n) is 1.17. The Morgan fingerprint density at radius 3 is 2.40 bits per heavy atom. The van der Waals surface area contributed by atoms with Gasteiger partial charge >= 0.3 is 0 Å². The van der Waals surface area contributed by atoms with Gasteiger partial charge in [0.05, 0.1) is 0 Å². The molecule has 0 aliphatic heterocycles. The molecule has 0 fully saturated rings. The van der Waals surface area contributed by atoms with Crippen molar-refractivity contribution in [2.24, 2.45) is 0 Å². The zero-order valence-corrected chi connectivity index (χ0v) is 6.86. The Bertz CT molecular complexity index is 255. The number of halogens is 2. The molecule has 0 atom stereocenters. The van der Waals surface area contributed by atoms with Gasteiger partial charge in [0.25, 0.3) is 0 Å². The fraction of sp³-hybridized carbons (Fsp3) is 0. The molecule has 0 bridgehead atoms. The van der Waals surface area contributed by atoms with Crippen molar-refractivity contribution in [3.8, 4) is 0 Å². The van der Waals surface area contributed by atoms with E-state index in [4.69, 9.17) is 0 Å². The molecule has 1 rings (SSSR count). The number of rotatable bonds is 1. The van der Waals surface area contributed by atoms with E-state index in [-0.39, 0.29) is 5.82 Å². The lowest BCUT2D eigenvalue weighted by atomic mass is 10.2. The molecule has 0 heterocycles. The lowest BCUT2D eigenvalue weighted by molar-refractivity contribution is 0.625. The minimum atomic E-state index is -0.246. The highest BCUT2D eigenvalue weighted by Crippen LogP contribution is 2.20. The Labute approximate surface area is 67.5 Å². The smallest absolute Gasteiger partial charge is 0.131 e. The predicted octanol–water partition coefficient (Wildman–Crippen LogP) is 3.19. The molecule has 10 heavy (non-hydrogen) atoms. The number of hydrogen-bond donors (Lipinski definition) is 0. The molecule has 0 aliphatic rings. The lowest BCUT2D eigenvalue weighted by Crippen LogP contribution is -1.80. The summed E-state index contributed by atoms with van der Waals surface area (Å²) in [6, 6.07) is 6.49. The van der Waals surface area contributed by atoms with E-state index in [9.17, 15) is 4.39 Å². The van der Waals surface area contributed by atoms with Gasteiger partial charge in [0, 0.05) is 10.0 Å². The normalized spacial score (nSPS) is 9.40. The van der Waals surface area contributed by atoms with Gasteiger partial charge in [-0.05, 0) is 6.07 Å². The van der Waals surface area contributed by atoms with E-state index in [2.05, 4.69) is 22.5 Å². The highest BCUT2D eigenvalue weighted by Gasteiger charge is 1.99. The first kappa shape index (κ1) is 7.48. The molecule has 0 radical (unpaired) electrons. The van der Waals surface area contributed by atoms with Crippen LogP contribution >= 0.6 is 15.9 Å². The van der Waals surface area contributed by atoms with E-state index in [1.807, 2.05) is 0 Å². The van der Waals surface area contributed by atoms with Crippen molar-refractivity contribution in [2.45, 2.75) is 0 Å². The molecular formula is C8H6BrF. The molecule has 0 N–H and O–H groups in total. The minimum Gasteiger partial charge on any atom is -0.206 e. The van der Waals surface area contributed by atoms with Gasteiger partial charge in [-0.15, -0.1) is 0 Å². The van der Waals surface area contributed by atoms with E-state index in [0.717, 1.165) is 0 Å². The molecule has 0 unspecified atom stereocenters. The summed E-state index contributed by atoms with van der Waals surface area (Å²) in [6.45, 7) is 3.56. The molecule has 0 spiro atoms. The summed E-state index contributed by atoms with van der Waals surface area (Å²) in [5.74, 6) is -0.246. The van der Waals surface area contributed by atoms with Crippen LogP contribution in [-0.2, 0) is 0 Å². The van der Waals surface area contributed by atoms with Crippen molar-refractivity contribution in [1.82, 2.24) is 0 Å². The Morgan fingerprint density at radius 2 is 2.00 bits per heavy atom. The summed E-state index contributed by atoms with van der Waals surface area (Å²) < 4.78 is 13.3. The first-order chi connectivity index (χ1) is 4.72. The van der Waals surface area contributed by atoms with Crippen molar-refractivity contribution in [3.05, 3.63) is 42.2 Å². The van der Waals surface area contributed by atoms with Crippen molar-refractivity contribution >= 4 is 20.4 Å². The van der Waals surface area contributed by atoms with Crippen LogP contribution in [0.4, 0.5) is 4.39 Å². The van der Waals surface area contributed by atoms with Crippen molar-refractivity contribution < 1.29 is 4.39 Å². The summed E-state index contributed by atoms with van der Waals surface area (Å²) in [5, 5.41) is 0. The Hall–Kier alpha value is -0.630. The molecule has 2 heteroatoms. The van der Waals surface area contributed by atoms with Crippen LogP contribution in [0.25, 0.3) is 4.48 Å². The Kier molecular flexibility index (Phi) is 2.22. The summed E-state index contributed by atoms with van der Waals surface area (Å²) in [5.41, 5.74) is 0.516. The monoisotopic (exact) mass is 200 g/mol. The van der Waals surface area contributed by atoms with Crippen molar-refractivity contribution in [3.63, 3.8) is 0 Å². The van der Waals surface area contributed by atoms with Crippen LogP contribution in [0.5, 0.6) is 0 Å². The summed E-state index contributed by atoms with van der Waals surface area (Å²) in [7, 11) is 0. The third-order valence-corrected chi connectivity index (χ3v) is 1.59. The van der Waals surface area contributed by atoms with Crippen LogP contribution in [0, 0.1) is 5.82 Å². The van der Waals surface area contributed by atoms with Gasteiger partial charge in [0.1, 0.15) is 5.82 Å². The second kappa shape index (κ2) is 2.97. The maximum Gasteiger partial charge on any atom is 0.131 e. The fourth-order valence-corrected chi connectivity index (χ4v) is 1.00. The standard InChI is InChI=1S/C8H6BrF/c1-6(9)7-4-2-3-5-8(7)10/h2-5H,1H2. The number of benzene rings is 1. The van der Waals surface area contributed by atoms with E-state index < -0.39 is 0 Å². The highest BCUT2D eigenvalue weighted by atomic mass is 79.9. The van der Waals surface area contributed by atoms with Gasteiger partial charge in [-0.1, -0.05) is 40.7 Å². The topological polar surface area (TPSA) is 0 Å². The quantitative estimate of drug-likeness (QED) is 0.654. The zero-order chi connectivity index (χ0) is 7.56. The minimum absolute atomic E-state index is 0.246. The lowest BCUT2D eigenvalue weighted by Gasteiger charge is -1.97. The first-order valence-corrected chi connectivity index (χ1v) is 3.60. The van der Waals surface area contributed by atoms with Gasteiger partial charge < -0.3 is 0 Å². The van der Waals surface area contributed by atoms with Gasteiger partial charge in [-0.2, -0.15) is 0 Å². The Balaban J connectivity index is 3.15. The molecule has 1 aromatic carbocycles. The molecule has 52 valence electrons. The van der Waals surface area contributed by atoms with Gasteiger partial charge in [-0.25, -0.2) is 4.39 Å². The van der Waals surface area contributed by atoms with Gasteiger partial charge in [0.2, 0.25) is 0 Å². The van der Waals surface area contributed by atoms with Crippen molar-refractivity contribution in [2.75, 3.05) is 0 Å². The van der Waals surface area contributed by atoms with Crippen LogP contribution in [-0.4, -0.2) is 0 Å². The molecule has 0 nitrogen and oxygen atoms in total. The van der Waals surface area contributed by atoms with E-state index in [1.54, 1.807) is 18.2 Å². The average molecular weight is 201 g/mol. The SMILES string of the molecule is C=C(Br)c1ccccc1F. The van der Waals surface area contributed by atoms with Gasteiger partial charge in [0.15, 0.2) is 0 Å². The highest BCUT2D eigenvalue weighted by molar-refractivity contribution is 9.15.